The van der Waals surface area contributed by atoms with E-state index < -0.39 is 0 Å². The Balaban J connectivity index is 2.38. The van der Waals surface area contributed by atoms with Gasteiger partial charge in [0.25, 0.3) is 5.56 Å². The zero-order valence-corrected chi connectivity index (χ0v) is 12.4. The van der Waals surface area contributed by atoms with E-state index in [1.165, 1.54) is 0 Å². The average Bonchev–Trinajstić information content (AvgIpc) is 2.33. The van der Waals surface area contributed by atoms with Crippen LogP contribution in [0.2, 0.25) is 0 Å². The van der Waals surface area contributed by atoms with Crippen LogP contribution in [0.1, 0.15) is 24.5 Å². The van der Waals surface area contributed by atoms with E-state index in [2.05, 4.69) is 37.8 Å². The van der Waals surface area contributed by atoms with Gasteiger partial charge in [0, 0.05) is 18.1 Å². The second-order valence-corrected chi connectivity index (χ2v) is 6.08. The minimum atomic E-state index is -0.0733. The summed E-state index contributed by atoms with van der Waals surface area (Å²) in [5.41, 5.74) is 0.767. The molecule has 0 aliphatic carbocycles. The summed E-state index contributed by atoms with van der Waals surface area (Å²) in [5.74, 6) is 2.93. The predicted octanol–water partition coefficient (Wildman–Crippen LogP) is 1.81. The van der Waals surface area contributed by atoms with Crippen molar-refractivity contribution in [3.05, 3.63) is 26.3 Å². The maximum Gasteiger partial charge on any atom is 0.265 e. The third-order valence-corrected chi connectivity index (χ3v) is 4.84. The van der Waals surface area contributed by atoms with Gasteiger partial charge >= 0.3 is 0 Å². The van der Waals surface area contributed by atoms with Crippen LogP contribution in [0.25, 0.3) is 0 Å². The molecule has 6 heteroatoms. The summed E-state index contributed by atoms with van der Waals surface area (Å²) in [6, 6.07) is 0.222. The van der Waals surface area contributed by atoms with Gasteiger partial charge in [0.05, 0.1) is 11.7 Å². The summed E-state index contributed by atoms with van der Waals surface area (Å²) in [6.07, 6.45) is 0.765. The molecule has 1 fully saturated rings. The Kier molecular flexibility index (Phi) is 4.27. The molecule has 1 unspecified atom stereocenters. The average molecular weight is 318 g/mol. The van der Waals surface area contributed by atoms with E-state index in [4.69, 9.17) is 0 Å². The number of nitrogens with one attached hydrogen (secondary N) is 1. The molecule has 1 atom stereocenters. The number of hydrogen-bond acceptors (Lipinski definition) is 4. The molecule has 1 N–H and O–H groups in total. The molecular weight excluding hydrogens is 302 g/mol. The van der Waals surface area contributed by atoms with Gasteiger partial charge in [-0.05, 0) is 29.4 Å². The molecule has 4 nitrogen and oxygen atoms in total. The van der Waals surface area contributed by atoms with Crippen molar-refractivity contribution in [2.45, 2.75) is 19.4 Å². The van der Waals surface area contributed by atoms with Gasteiger partial charge in [0.15, 0.2) is 0 Å². The molecule has 1 aliphatic heterocycles. The number of nitrogens with zero attached hydrogens (tertiary/aromatic N) is 2. The van der Waals surface area contributed by atoms with Crippen molar-refractivity contribution in [1.29, 1.82) is 0 Å². The first-order valence-electron chi connectivity index (χ1n) is 5.70. The van der Waals surface area contributed by atoms with E-state index in [1.807, 2.05) is 18.7 Å². The molecule has 0 radical (unpaired) electrons. The third kappa shape index (κ3) is 2.74. The molecule has 17 heavy (non-hydrogen) atoms. The molecule has 0 bridgehead atoms. The molecule has 0 amide bonds. The van der Waals surface area contributed by atoms with Crippen LogP contribution in [0.5, 0.6) is 0 Å². The predicted molar refractivity (Wildman–Crippen MR) is 74.6 cm³/mol. The van der Waals surface area contributed by atoms with Crippen LogP contribution in [0.15, 0.2) is 9.27 Å². The van der Waals surface area contributed by atoms with Gasteiger partial charge in [-0.15, -0.1) is 0 Å². The van der Waals surface area contributed by atoms with Gasteiger partial charge in [-0.25, -0.2) is 4.98 Å². The zero-order chi connectivity index (χ0) is 12.4. The van der Waals surface area contributed by atoms with E-state index in [0.717, 1.165) is 36.0 Å². The fourth-order valence-electron chi connectivity index (χ4n) is 1.89. The Bertz CT molecular complexity index is 463. The first-order chi connectivity index (χ1) is 8.13. The van der Waals surface area contributed by atoms with Crippen molar-refractivity contribution >= 4 is 27.7 Å². The molecule has 1 saturated heterocycles. The Morgan fingerprint density at radius 1 is 1.65 bits per heavy atom. The van der Waals surface area contributed by atoms with Crippen molar-refractivity contribution < 1.29 is 0 Å². The van der Waals surface area contributed by atoms with Gasteiger partial charge < -0.3 is 4.98 Å². The highest BCUT2D eigenvalue weighted by molar-refractivity contribution is 9.10. The fourth-order valence-corrected chi connectivity index (χ4v) is 3.58. The Labute approximate surface area is 113 Å². The first-order valence-corrected chi connectivity index (χ1v) is 7.64. The van der Waals surface area contributed by atoms with Crippen LogP contribution < -0.4 is 5.56 Å². The molecule has 94 valence electrons. The number of rotatable bonds is 2. The Morgan fingerprint density at radius 2 is 2.41 bits per heavy atom. The van der Waals surface area contributed by atoms with Gasteiger partial charge in [0.2, 0.25) is 0 Å². The van der Waals surface area contributed by atoms with E-state index in [9.17, 15) is 4.79 Å². The van der Waals surface area contributed by atoms with Crippen LogP contribution in [-0.2, 0) is 6.42 Å². The lowest BCUT2D eigenvalue weighted by Gasteiger charge is -2.31. The smallest absolute Gasteiger partial charge is 0.265 e. The summed E-state index contributed by atoms with van der Waals surface area (Å²) in [7, 11) is 2.08. The standard InChI is InChI=1S/C11H16BrN3OS/c1-3-7-9(12)11(16)14-10(13-7)8-6-17-5-4-15(8)2/h8H,3-6H2,1-2H3,(H,13,14,16). The fraction of sp³-hybridized carbons (Fsp3) is 0.636. The van der Waals surface area contributed by atoms with E-state index in [1.54, 1.807) is 0 Å². The summed E-state index contributed by atoms with van der Waals surface area (Å²) in [5, 5.41) is 0. The lowest BCUT2D eigenvalue weighted by Crippen LogP contribution is -2.35. The van der Waals surface area contributed by atoms with Gasteiger partial charge in [-0.1, -0.05) is 6.92 Å². The topological polar surface area (TPSA) is 49.0 Å². The molecule has 0 saturated carbocycles. The lowest BCUT2D eigenvalue weighted by atomic mass is 10.2. The van der Waals surface area contributed by atoms with Gasteiger partial charge in [0.1, 0.15) is 10.3 Å². The van der Waals surface area contributed by atoms with E-state index in [-0.39, 0.29) is 11.6 Å². The largest absolute Gasteiger partial charge is 0.308 e. The molecule has 2 heterocycles. The number of hydrogen-bond donors (Lipinski definition) is 1. The molecule has 2 rings (SSSR count). The van der Waals surface area contributed by atoms with Crippen LogP contribution in [-0.4, -0.2) is 40.0 Å². The summed E-state index contributed by atoms with van der Waals surface area (Å²) < 4.78 is 0.565. The van der Waals surface area contributed by atoms with Crippen LogP contribution in [0.3, 0.4) is 0 Å². The molecule has 0 spiro atoms. The molecule has 0 aromatic carbocycles. The number of H-pyrrole nitrogens is 1. The lowest BCUT2D eigenvalue weighted by molar-refractivity contribution is 0.263. The molecule has 1 aromatic rings. The number of thioether (sulfide) groups is 1. The van der Waals surface area contributed by atoms with Crippen molar-refractivity contribution in [3.63, 3.8) is 0 Å². The molecule has 1 aromatic heterocycles. The van der Waals surface area contributed by atoms with Gasteiger partial charge in [-0.3, -0.25) is 9.69 Å². The highest BCUT2D eigenvalue weighted by Gasteiger charge is 2.24. The van der Waals surface area contributed by atoms with Crippen LogP contribution in [0, 0.1) is 0 Å². The number of aromatic nitrogens is 2. The van der Waals surface area contributed by atoms with Crippen molar-refractivity contribution in [2.75, 3.05) is 25.1 Å². The highest BCUT2D eigenvalue weighted by Crippen LogP contribution is 2.26. The SMILES string of the molecule is CCc1nc(C2CSCCN2C)[nH]c(=O)c1Br. The van der Waals surface area contributed by atoms with Gasteiger partial charge in [-0.2, -0.15) is 11.8 Å². The Hall–Kier alpha value is -0.330. The number of halogens is 1. The Morgan fingerprint density at radius 3 is 3.06 bits per heavy atom. The maximum absolute atomic E-state index is 11.8. The van der Waals surface area contributed by atoms with Crippen molar-refractivity contribution in [3.8, 4) is 0 Å². The summed E-state index contributed by atoms with van der Waals surface area (Å²) in [4.78, 5) is 21.5. The van der Waals surface area contributed by atoms with Crippen LogP contribution >= 0.6 is 27.7 Å². The first kappa shape index (κ1) is 13.1. The van der Waals surface area contributed by atoms with E-state index >= 15 is 0 Å². The van der Waals surface area contributed by atoms with Crippen molar-refractivity contribution in [2.24, 2.45) is 0 Å². The number of aromatic amines is 1. The minimum Gasteiger partial charge on any atom is -0.308 e. The zero-order valence-electron chi connectivity index (χ0n) is 9.99. The highest BCUT2D eigenvalue weighted by atomic mass is 79.9. The quantitative estimate of drug-likeness (QED) is 0.904. The minimum absolute atomic E-state index is 0.0733. The third-order valence-electron chi connectivity index (χ3n) is 3.00. The second-order valence-electron chi connectivity index (χ2n) is 4.14. The van der Waals surface area contributed by atoms with E-state index in [0.29, 0.717) is 4.47 Å². The molecule has 1 aliphatic rings. The normalized spacial score (nSPS) is 21.7. The monoisotopic (exact) mass is 317 g/mol. The van der Waals surface area contributed by atoms with Crippen molar-refractivity contribution in [1.82, 2.24) is 14.9 Å². The maximum atomic E-state index is 11.8. The van der Waals surface area contributed by atoms with Crippen LogP contribution in [0.4, 0.5) is 0 Å². The number of aryl methyl sites for hydroxylation is 1. The summed E-state index contributed by atoms with van der Waals surface area (Å²) in [6.45, 7) is 3.05. The summed E-state index contributed by atoms with van der Waals surface area (Å²) >= 11 is 5.20. The molecular formula is C11H16BrN3OS. The second kappa shape index (κ2) is 5.54.